The number of benzene rings is 2. The summed E-state index contributed by atoms with van der Waals surface area (Å²) < 4.78 is 15.5. The molecule has 0 unspecified atom stereocenters. The maximum Gasteiger partial charge on any atom is 0.295 e. The number of nitrogens with zero attached hydrogens (tertiary/aromatic N) is 4. The van der Waals surface area contributed by atoms with E-state index in [4.69, 9.17) is 18.2 Å². The van der Waals surface area contributed by atoms with Gasteiger partial charge in [0, 0.05) is 0 Å². The summed E-state index contributed by atoms with van der Waals surface area (Å²) in [6.07, 6.45) is 1.42. The highest BCUT2D eigenvalue weighted by Gasteiger charge is 2.16. The van der Waals surface area contributed by atoms with Gasteiger partial charge in [0.05, 0.1) is 23.8 Å². The lowest BCUT2D eigenvalue weighted by Gasteiger charge is -2.06. The molecule has 0 fully saturated rings. The summed E-state index contributed by atoms with van der Waals surface area (Å²) in [6, 6.07) is 11.9. The third kappa shape index (κ3) is 3.82. The van der Waals surface area contributed by atoms with E-state index in [0.29, 0.717) is 6.54 Å². The Labute approximate surface area is 147 Å². The maximum atomic E-state index is 14.0. The maximum absolute atomic E-state index is 14.0. The largest absolute Gasteiger partial charge is 0.318 e. The molecular formula is C17H11ClFN5O. The highest BCUT2D eigenvalue weighted by molar-refractivity contribution is 6.31. The van der Waals surface area contributed by atoms with E-state index in [1.54, 1.807) is 0 Å². The summed E-state index contributed by atoms with van der Waals surface area (Å²) in [4.78, 5) is 19.3. The SMILES string of the molecule is [C-]#[N+]c1cc(Cl)c(F)c(NC(=O)c2ncn(Cc3ccccc3)n2)c1. The van der Waals surface area contributed by atoms with E-state index in [1.807, 2.05) is 30.3 Å². The van der Waals surface area contributed by atoms with Gasteiger partial charge < -0.3 is 5.32 Å². The molecule has 1 amide bonds. The molecule has 124 valence electrons. The molecule has 0 aliphatic carbocycles. The van der Waals surface area contributed by atoms with Crippen LogP contribution in [-0.4, -0.2) is 20.7 Å². The first-order valence-electron chi connectivity index (χ1n) is 7.18. The van der Waals surface area contributed by atoms with Gasteiger partial charge in [-0.15, -0.1) is 5.10 Å². The molecule has 3 rings (SSSR count). The molecule has 0 aliphatic heterocycles. The molecule has 2 aromatic carbocycles. The summed E-state index contributed by atoms with van der Waals surface area (Å²) in [5.74, 6) is -1.62. The molecule has 1 N–H and O–H groups in total. The van der Waals surface area contributed by atoms with Gasteiger partial charge in [-0.1, -0.05) is 41.9 Å². The number of nitrogens with one attached hydrogen (secondary N) is 1. The lowest BCUT2D eigenvalue weighted by molar-refractivity contribution is 0.101. The van der Waals surface area contributed by atoms with Crippen LogP contribution in [0.4, 0.5) is 15.8 Å². The molecule has 0 saturated heterocycles. The molecule has 6 nitrogen and oxygen atoms in total. The number of carbonyl (C=O) groups excluding carboxylic acids is 1. The van der Waals surface area contributed by atoms with Crippen LogP contribution in [0.25, 0.3) is 4.85 Å². The van der Waals surface area contributed by atoms with Gasteiger partial charge in [-0.05, 0) is 17.7 Å². The van der Waals surface area contributed by atoms with E-state index in [9.17, 15) is 9.18 Å². The first-order valence-corrected chi connectivity index (χ1v) is 7.56. The Bertz CT molecular complexity index is 965. The van der Waals surface area contributed by atoms with Crippen molar-refractivity contribution in [2.24, 2.45) is 0 Å². The number of hydrogen-bond donors (Lipinski definition) is 1. The van der Waals surface area contributed by atoms with Crippen molar-refractivity contribution in [2.75, 3.05) is 5.32 Å². The first kappa shape index (κ1) is 16.6. The molecule has 0 spiro atoms. The Hall–Kier alpha value is -3.24. The lowest BCUT2D eigenvalue weighted by Crippen LogP contribution is -2.15. The Morgan fingerprint density at radius 1 is 1.32 bits per heavy atom. The second-order valence-electron chi connectivity index (χ2n) is 5.11. The quantitative estimate of drug-likeness (QED) is 0.721. The molecule has 0 aliphatic rings. The Balaban J connectivity index is 1.77. The second-order valence-corrected chi connectivity index (χ2v) is 5.51. The fourth-order valence-corrected chi connectivity index (χ4v) is 2.37. The van der Waals surface area contributed by atoms with Crippen LogP contribution in [0.2, 0.25) is 5.02 Å². The molecule has 8 heteroatoms. The summed E-state index contributed by atoms with van der Waals surface area (Å²) in [5.41, 5.74) is 0.925. The van der Waals surface area contributed by atoms with Crippen LogP contribution in [0.5, 0.6) is 0 Å². The zero-order valence-corrected chi connectivity index (χ0v) is 13.5. The van der Waals surface area contributed by atoms with Crippen molar-refractivity contribution in [3.8, 4) is 0 Å². The Kier molecular flexibility index (Phi) is 4.73. The van der Waals surface area contributed by atoms with Gasteiger partial charge >= 0.3 is 0 Å². The fraction of sp³-hybridized carbons (Fsp3) is 0.0588. The van der Waals surface area contributed by atoms with Crippen LogP contribution in [0.3, 0.4) is 0 Å². The van der Waals surface area contributed by atoms with E-state index in [1.165, 1.54) is 23.1 Å². The fourth-order valence-electron chi connectivity index (χ4n) is 2.15. The zero-order chi connectivity index (χ0) is 17.8. The zero-order valence-electron chi connectivity index (χ0n) is 12.8. The molecule has 1 heterocycles. The standard InChI is InChI=1S/C17H11ClFN5O/c1-20-12-7-13(18)15(19)14(8-12)22-17(25)16-21-10-24(23-16)9-11-5-3-2-4-6-11/h2-8,10H,9H2,(H,22,25). The third-order valence-corrected chi connectivity index (χ3v) is 3.59. The van der Waals surface area contributed by atoms with Crippen molar-refractivity contribution >= 4 is 28.9 Å². The number of anilines is 1. The van der Waals surface area contributed by atoms with Crippen LogP contribution >= 0.6 is 11.6 Å². The van der Waals surface area contributed by atoms with Crippen LogP contribution in [0, 0.1) is 12.4 Å². The summed E-state index contributed by atoms with van der Waals surface area (Å²) >= 11 is 5.72. The molecule has 0 saturated carbocycles. The average molecular weight is 356 g/mol. The number of rotatable bonds is 4. The van der Waals surface area contributed by atoms with Gasteiger partial charge in [0.2, 0.25) is 5.82 Å². The van der Waals surface area contributed by atoms with E-state index in [-0.39, 0.29) is 22.2 Å². The first-order chi connectivity index (χ1) is 12.1. The van der Waals surface area contributed by atoms with E-state index in [2.05, 4.69) is 20.2 Å². The van der Waals surface area contributed by atoms with Crippen molar-refractivity contribution in [2.45, 2.75) is 6.54 Å². The Morgan fingerprint density at radius 3 is 2.80 bits per heavy atom. The summed E-state index contributed by atoms with van der Waals surface area (Å²) in [5, 5.41) is 6.17. The lowest BCUT2D eigenvalue weighted by atomic mass is 10.2. The highest BCUT2D eigenvalue weighted by Crippen LogP contribution is 2.29. The van der Waals surface area contributed by atoms with Gasteiger partial charge in [0.25, 0.3) is 5.91 Å². The number of halogens is 2. The molecule has 3 aromatic rings. The van der Waals surface area contributed by atoms with Crippen molar-refractivity contribution in [1.82, 2.24) is 14.8 Å². The normalized spacial score (nSPS) is 10.3. The van der Waals surface area contributed by atoms with Gasteiger partial charge in [0.1, 0.15) is 6.33 Å². The van der Waals surface area contributed by atoms with Gasteiger partial charge in [-0.3, -0.25) is 4.79 Å². The van der Waals surface area contributed by atoms with Gasteiger partial charge in [-0.2, -0.15) is 0 Å². The molecule has 0 bridgehead atoms. The number of aromatic nitrogens is 3. The van der Waals surface area contributed by atoms with Crippen LogP contribution in [-0.2, 0) is 6.54 Å². The van der Waals surface area contributed by atoms with E-state index >= 15 is 0 Å². The van der Waals surface area contributed by atoms with Crippen LogP contribution in [0.1, 0.15) is 16.2 Å². The van der Waals surface area contributed by atoms with E-state index in [0.717, 1.165) is 5.56 Å². The van der Waals surface area contributed by atoms with Crippen molar-refractivity contribution in [3.05, 3.63) is 82.4 Å². The van der Waals surface area contributed by atoms with Crippen molar-refractivity contribution in [1.29, 1.82) is 0 Å². The number of amides is 1. The molecule has 25 heavy (non-hydrogen) atoms. The minimum atomic E-state index is -0.814. The van der Waals surface area contributed by atoms with E-state index < -0.39 is 11.7 Å². The second kappa shape index (κ2) is 7.11. The van der Waals surface area contributed by atoms with Crippen molar-refractivity contribution < 1.29 is 9.18 Å². The highest BCUT2D eigenvalue weighted by atomic mass is 35.5. The van der Waals surface area contributed by atoms with Crippen LogP contribution in [0.15, 0.2) is 48.8 Å². The predicted molar refractivity (Wildman–Crippen MR) is 91.2 cm³/mol. The van der Waals surface area contributed by atoms with Gasteiger partial charge in [-0.25, -0.2) is 18.9 Å². The Morgan fingerprint density at radius 2 is 2.08 bits per heavy atom. The van der Waals surface area contributed by atoms with Crippen molar-refractivity contribution in [3.63, 3.8) is 0 Å². The summed E-state index contributed by atoms with van der Waals surface area (Å²) in [7, 11) is 0. The summed E-state index contributed by atoms with van der Waals surface area (Å²) in [6.45, 7) is 7.42. The van der Waals surface area contributed by atoms with Gasteiger partial charge in [0.15, 0.2) is 11.5 Å². The minimum Gasteiger partial charge on any atom is -0.318 e. The molecular weight excluding hydrogens is 345 g/mol. The topological polar surface area (TPSA) is 64.2 Å². The molecule has 0 atom stereocenters. The number of hydrogen-bond acceptors (Lipinski definition) is 3. The number of carbonyl (C=O) groups is 1. The third-order valence-electron chi connectivity index (χ3n) is 3.32. The predicted octanol–water partition coefficient (Wildman–Crippen LogP) is 3.92. The average Bonchev–Trinajstić information content (AvgIpc) is 3.08. The monoisotopic (exact) mass is 355 g/mol. The minimum absolute atomic E-state index is 0.111. The molecule has 1 aromatic heterocycles. The molecule has 0 radical (unpaired) electrons. The van der Waals surface area contributed by atoms with Crippen LogP contribution < -0.4 is 5.32 Å². The smallest absolute Gasteiger partial charge is 0.295 e.